The molecule has 5 heteroatoms. The van der Waals surface area contributed by atoms with Crippen LogP contribution in [0.3, 0.4) is 0 Å². The van der Waals surface area contributed by atoms with Gasteiger partial charge in [-0.1, -0.05) is 12.1 Å². The molecule has 1 aliphatic heterocycles. The number of hydrogen-bond donors (Lipinski definition) is 0. The highest BCUT2D eigenvalue weighted by Crippen LogP contribution is 2.38. The first-order valence-electron chi connectivity index (χ1n) is 8.42. The molecule has 0 fully saturated rings. The first kappa shape index (κ1) is 17.4. The number of ether oxygens (including phenoxy) is 1. The first-order valence-corrected chi connectivity index (χ1v) is 8.42. The lowest BCUT2D eigenvalue weighted by atomic mass is 9.95. The number of benzene rings is 2. The Balaban J connectivity index is 1.80. The Bertz CT molecular complexity index is 805. The zero-order chi connectivity index (χ0) is 18.0. The smallest absolute Gasteiger partial charge is 0.227 e. The standard InChI is InChI=1S/C20H21F2NO2/c1-13-5-9-18(25-2)20-15(13)4-3-11-23(20)19(24)10-7-14-6-8-16(21)17(22)12-14/h5-6,8-9,12H,3-4,7,10-11H2,1-2H3. The molecule has 0 spiro atoms. The Morgan fingerprint density at radius 2 is 2.00 bits per heavy atom. The molecular weight excluding hydrogens is 324 g/mol. The molecule has 1 heterocycles. The molecule has 0 saturated carbocycles. The van der Waals surface area contributed by atoms with E-state index in [0.717, 1.165) is 41.8 Å². The van der Waals surface area contributed by atoms with Crippen molar-refractivity contribution in [2.24, 2.45) is 0 Å². The number of carbonyl (C=O) groups excluding carboxylic acids is 1. The Morgan fingerprint density at radius 1 is 1.20 bits per heavy atom. The summed E-state index contributed by atoms with van der Waals surface area (Å²) in [4.78, 5) is 14.5. The lowest BCUT2D eigenvalue weighted by Gasteiger charge is -2.32. The fourth-order valence-electron chi connectivity index (χ4n) is 3.35. The van der Waals surface area contributed by atoms with Gasteiger partial charge < -0.3 is 9.64 Å². The van der Waals surface area contributed by atoms with E-state index in [1.807, 2.05) is 19.1 Å². The molecule has 3 rings (SSSR count). The van der Waals surface area contributed by atoms with E-state index in [-0.39, 0.29) is 12.3 Å². The number of amides is 1. The largest absolute Gasteiger partial charge is 0.495 e. The van der Waals surface area contributed by atoms with Crippen molar-refractivity contribution in [3.05, 3.63) is 58.7 Å². The quantitative estimate of drug-likeness (QED) is 0.831. The number of halogens is 2. The van der Waals surface area contributed by atoms with Gasteiger partial charge in [0.25, 0.3) is 0 Å². The summed E-state index contributed by atoms with van der Waals surface area (Å²) in [7, 11) is 1.60. The predicted molar refractivity (Wildman–Crippen MR) is 93.1 cm³/mol. The fraction of sp³-hybridized carbons (Fsp3) is 0.350. The van der Waals surface area contributed by atoms with Crippen molar-refractivity contribution in [3.8, 4) is 5.75 Å². The molecule has 25 heavy (non-hydrogen) atoms. The van der Waals surface area contributed by atoms with E-state index in [1.165, 1.54) is 6.07 Å². The highest BCUT2D eigenvalue weighted by molar-refractivity contribution is 5.96. The van der Waals surface area contributed by atoms with Crippen LogP contribution in [0.2, 0.25) is 0 Å². The van der Waals surface area contributed by atoms with Crippen LogP contribution < -0.4 is 9.64 Å². The van der Waals surface area contributed by atoms with Crippen LogP contribution in [0, 0.1) is 18.6 Å². The molecule has 0 N–H and O–H groups in total. The van der Waals surface area contributed by atoms with E-state index in [9.17, 15) is 13.6 Å². The second kappa shape index (κ2) is 7.21. The van der Waals surface area contributed by atoms with Crippen LogP contribution in [0.4, 0.5) is 14.5 Å². The number of carbonyl (C=O) groups is 1. The minimum absolute atomic E-state index is 0.0328. The van der Waals surface area contributed by atoms with Crippen molar-refractivity contribution in [2.45, 2.75) is 32.6 Å². The second-order valence-corrected chi connectivity index (χ2v) is 6.31. The van der Waals surface area contributed by atoms with Crippen molar-refractivity contribution in [2.75, 3.05) is 18.6 Å². The van der Waals surface area contributed by atoms with Crippen LogP contribution in [0.1, 0.15) is 29.5 Å². The van der Waals surface area contributed by atoms with Gasteiger partial charge >= 0.3 is 0 Å². The third-order valence-electron chi connectivity index (χ3n) is 4.69. The number of methoxy groups -OCH3 is 1. The lowest BCUT2D eigenvalue weighted by Crippen LogP contribution is -2.36. The average Bonchev–Trinajstić information content (AvgIpc) is 2.62. The van der Waals surface area contributed by atoms with Gasteiger partial charge in [-0.05, 0) is 61.1 Å². The molecule has 0 bridgehead atoms. The maximum atomic E-state index is 13.3. The normalized spacial score (nSPS) is 13.5. The zero-order valence-corrected chi connectivity index (χ0v) is 14.4. The Kier molecular flexibility index (Phi) is 5.02. The average molecular weight is 345 g/mol. The zero-order valence-electron chi connectivity index (χ0n) is 14.4. The van der Waals surface area contributed by atoms with Crippen LogP contribution in [0.25, 0.3) is 0 Å². The molecule has 1 aliphatic rings. The van der Waals surface area contributed by atoms with Crippen molar-refractivity contribution in [1.82, 2.24) is 0 Å². The molecule has 0 atom stereocenters. The van der Waals surface area contributed by atoms with Gasteiger partial charge in [0.15, 0.2) is 11.6 Å². The molecule has 0 unspecified atom stereocenters. The van der Waals surface area contributed by atoms with Crippen LogP contribution in [-0.2, 0) is 17.6 Å². The van der Waals surface area contributed by atoms with Crippen molar-refractivity contribution in [1.29, 1.82) is 0 Å². The highest BCUT2D eigenvalue weighted by atomic mass is 19.2. The fourth-order valence-corrected chi connectivity index (χ4v) is 3.35. The maximum absolute atomic E-state index is 13.3. The van der Waals surface area contributed by atoms with E-state index in [1.54, 1.807) is 12.0 Å². The topological polar surface area (TPSA) is 29.5 Å². The van der Waals surface area contributed by atoms with E-state index in [0.29, 0.717) is 24.3 Å². The van der Waals surface area contributed by atoms with Gasteiger partial charge in [0.05, 0.1) is 12.8 Å². The third-order valence-corrected chi connectivity index (χ3v) is 4.69. The minimum Gasteiger partial charge on any atom is -0.495 e. The van der Waals surface area contributed by atoms with Crippen LogP contribution in [0.5, 0.6) is 5.75 Å². The van der Waals surface area contributed by atoms with E-state index in [4.69, 9.17) is 4.74 Å². The molecule has 132 valence electrons. The molecular formula is C20H21F2NO2. The van der Waals surface area contributed by atoms with E-state index in [2.05, 4.69) is 0 Å². The maximum Gasteiger partial charge on any atom is 0.227 e. The molecule has 0 aromatic heterocycles. The van der Waals surface area contributed by atoms with Gasteiger partial charge in [-0.2, -0.15) is 0 Å². The summed E-state index contributed by atoms with van der Waals surface area (Å²) in [5.41, 5.74) is 3.76. The SMILES string of the molecule is COc1ccc(C)c2c1N(C(=O)CCc1ccc(F)c(F)c1)CCC2. The summed E-state index contributed by atoms with van der Waals surface area (Å²) in [5.74, 6) is -1.10. The molecule has 0 aliphatic carbocycles. The molecule has 0 saturated heterocycles. The second-order valence-electron chi connectivity index (χ2n) is 6.31. The monoisotopic (exact) mass is 345 g/mol. The molecule has 3 nitrogen and oxygen atoms in total. The molecule has 2 aromatic carbocycles. The summed E-state index contributed by atoms with van der Waals surface area (Å²) in [6.07, 6.45) is 2.43. The Labute approximate surface area is 146 Å². The lowest BCUT2D eigenvalue weighted by molar-refractivity contribution is -0.118. The number of anilines is 1. The number of rotatable bonds is 4. The van der Waals surface area contributed by atoms with Crippen molar-refractivity contribution >= 4 is 11.6 Å². The van der Waals surface area contributed by atoms with Gasteiger partial charge in [-0.25, -0.2) is 8.78 Å². The third kappa shape index (κ3) is 3.50. The van der Waals surface area contributed by atoms with Crippen molar-refractivity contribution in [3.63, 3.8) is 0 Å². The summed E-state index contributed by atoms with van der Waals surface area (Å²) < 4.78 is 31.8. The Morgan fingerprint density at radius 3 is 2.72 bits per heavy atom. The van der Waals surface area contributed by atoms with E-state index < -0.39 is 11.6 Å². The number of nitrogens with zero attached hydrogens (tertiary/aromatic N) is 1. The van der Waals surface area contributed by atoms with Gasteiger partial charge in [-0.3, -0.25) is 4.79 Å². The van der Waals surface area contributed by atoms with Crippen LogP contribution >= 0.6 is 0 Å². The van der Waals surface area contributed by atoms with Gasteiger partial charge in [0.2, 0.25) is 5.91 Å². The summed E-state index contributed by atoms with van der Waals surface area (Å²) in [5, 5.41) is 0. The Hall–Kier alpha value is -2.43. The van der Waals surface area contributed by atoms with Crippen molar-refractivity contribution < 1.29 is 18.3 Å². The predicted octanol–water partition coefficient (Wildman–Crippen LogP) is 4.19. The number of hydrogen-bond acceptors (Lipinski definition) is 2. The minimum atomic E-state index is -0.884. The van der Waals surface area contributed by atoms with Crippen LogP contribution in [0.15, 0.2) is 30.3 Å². The van der Waals surface area contributed by atoms with Gasteiger partial charge in [0, 0.05) is 13.0 Å². The van der Waals surface area contributed by atoms with E-state index >= 15 is 0 Å². The van der Waals surface area contributed by atoms with Gasteiger partial charge in [0.1, 0.15) is 5.75 Å². The van der Waals surface area contributed by atoms with Gasteiger partial charge in [-0.15, -0.1) is 0 Å². The molecule has 2 aromatic rings. The first-order chi connectivity index (χ1) is 12.0. The highest BCUT2D eigenvalue weighted by Gasteiger charge is 2.26. The summed E-state index contributed by atoms with van der Waals surface area (Å²) >= 11 is 0. The summed E-state index contributed by atoms with van der Waals surface area (Å²) in [6.45, 7) is 2.68. The number of aryl methyl sites for hydroxylation is 2. The summed E-state index contributed by atoms with van der Waals surface area (Å²) in [6, 6.07) is 7.65. The molecule has 0 radical (unpaired) electrons. The number of fused-ring (bicyclic) bond motifs is 1. The van der Waals surface area contributed by atoms with Crippen LogP contribution in [-0.4, -0.2) is 19.6 Å². The molecule has 1 amide bonds.